The summed E-state index contributed by atoms with van der Waals surface area (Å²) < 4.78 is 0. The maximum Gasteiger partial charge on any atom is 0.308 e. The van der Waals surface area contributed by atoms with Crippen LogP contribution >= 0.6 is 0 Å². The lowest BCUT2D eigenvalue weighted by Crippen LogP contribution is -2.23. The minimum atomic E-state index is -0.846. The van der Waals surface area contributed by atoms with Crippen LogP contribution in [0, 0.1) is 17.2 Å². The molecule has 2 N–H and O–H groups in total. The number of nitrogens with zero attached hydrogens (tertiary/aromatic N) is 3. The molecule has 1 aromatic heterocycles. The van der Waals surface area contributed by atoms with E-state index in [-0.39, 0.29) is 6.54 Å². The van der Waals surface area contributed by atoms with Crippen molar-refractivity contribution in [3.05, 3.63) is 17.8 Å². The van der Waals surface area contributed by atoms with Gasteiger partial charge in [-0.15, -0.1) is 5.10 Å². The Kier molecular flexibility index (Phi) is 4.88. The van der Waals surface area contributed by atoms with Gasteiger partial charge in [0.25, 0.3) is 0 Å². The molecule has 0 fully saturated rings. The molecule has 1 atom stereocenters. The molecule has 1 rings (SSSR count). The van der Waals surface area contributed by atoms with E-state index < -0.39 is 11.9 Å². The molecule has 6 nitrogen and oxygen atoms in total. The smallest absolute Gasteiger partial charge is 0.308 e. The molecule has 0 aliphatic rings. The van der Waals surface area contributed by atoms with Crippen molar-refractivity contribution in [2.75, 3.05) is 11.9 Å². The number of hydrogen-bond donors (Lipinski definition) is 2. The first-order valence-corrected chi connectivity index (χ1v) is 5.37. The zero-order chi connectivity index (χ0) is 12.7. The van der Waals surface area contributed by atoms with Crippen LogP contribution < -0.4 is 5.32 Å². The Hall–Kier alpha value is -2.16. The van der Waals surface area contributed by atoms with Crippen molar-refractivity contribution in [1.29, 1.82) is 5.26 Å². The fraction of sp³-hybridized carbons (Fsp3) is 0.455. The first kappa shape index (κ1) is 12.9. The first-order valence-electron chi connectivity index (χ1n) is 5.37. The molecule has 0 aromatic carbocycles. The SMILES string of the molecule is CCCC(CNc1nnccc1C#N)C(=O)O. The van der Waals surface area contributed by atoms with E-state index in [1.54, 1.807) is 0 Å². The van der Waals surface area contributed by atoms with E-state index in [1.165, 1.54) is 12.3 Å². The van der Waals surface area contributed by atoms with Crippen LogP contribution in [0.3, 0.4) is 0 Å². The molecule has 1 unspecified atom stereocenters. The molecule has 1 heterocycles. The Morgan fingerprint density at radius 2 is 2.47 bits per heavy atom. The molecular formula is C11H14N4O2. The van der Waals surface area contributed by atoms with E-state index >= 15 is 0 Å². The van der Waals surface area contributed by atoms with Crippen molar-refractivity contribution in [3.63, 3.8) is 0 Å². The average Bonchev–Trinajstić information content (AvgIpc) is 2.34. The number of carbonyl (C=O) groups is 1. The van der Waals surface area contributed by atoms with Gasteiger partial charge in [0.05, 0.1) is 17.7 Å². The number of hydrogen-bond acceptors (Lipinski definition) is 5. The summed E-state index contributed by atoms with van der Waals surface area (Å²) in [6.07, 6.45) is 2.80. The summed E-state index contributed by atoms with van der Waals surface area (Å²) >= 11 is 0. The standard InChI is InChI=1S/C11H14N4O2/c1-2-3-9(11(16)17)7-13-10-8(6-12)4-5-14-15-10/h4-5,9H,2-3,7H2,1H3,(H,13,15)(H,16,17). The molecule has 1 aromatic rings. The second-order valence-corrected chi connectivity index (χ2v) is 3.61. The van der Waals surface area contributed by atoms with Gasteiger partial charge in [-0.1, -0.05) is 13.3 Å². The van der Waals surface area contributed by atoms with Crippen LogP contribution in [0.15, 0.2) is 12.3 Å². The highest BCUT2D eigenvalue weighted by Gasteiger charge is 2.16. The summed E-state index contributed by atoms with van der Waals surface area (Å²) in [6.45, 7) is 2.18. The Balaban J connectivity index is 2.65. The fourth-order valence-corrected chi connectivity index (χ4v) is 1.43. The van der Waals surface area contributed by atoms with Crippen molar-refractivity contribution in [2.24, 2.45) is 5.92 Å². The van der Waals surface area contributed by atoms with Crippen LogP contribution in [0.25, 0.3) is 0 Å². The van der Waals surface area contributed by atoms with Crippen molar-refractivity contribution in [2.45, 2.75) is 19.8 Å². The number of nitrogens with one attached hydrogen (secondary N) is 1. The second-order valence-electron chi connectivity index (χ2n) is 3.61. The highest BCUT2D eigenvalue weighted by Crippen LogP contribution is 2.12. The largest absolute Gasteiger partial charge is 0.481 e. The number of rotatable bonds is 6. The van der Waals surface area contributed by atoms with E-state index in [1.807, 2.05) is 13.0 Å². The molecule has 0 amide bonds. The molecule has 0 bridgehead atoms. The summed E-state index contributed by atoms with van der Waals surface area (Å²) in [5.41, 5.74) is 0.362. The van der Waals surface area contributed by atoms with Gasteiger partial charge >= 0.3 is 5.97 Å². The lowest BCUT2D eigenvalue weighted by Gasteiger charge is -2.12. The van der Waals surface area contributed by atoms with Gasteiger partial charge in [-0.3, -0.25) is 4.79 Å². The molecule has 17 heavy (non-hydrogen) atoms. The van der Waals surface area contributed by atoms with E-state index in [0.717, 1.165) is 6.42 Å². The summed E-state index contributed by atoms with van der Waals surface area (Å²) in [4.78, 5) is 10.9. The number of aromatic nitrogens is 2. The molecule has 0 saturated heterocycles. The van der Waals surface area contributed by atoms with Gasteiger partial charge in [-0.25, -0.2) is 0 Å². The minimum absolute atomic E-state index is 0.247. The Morgan fingerprint density at radius 1 is 1.71 bits per heavy atom. The van der Waals surface area contributed by atoms with Crippen LogP contribution in [-0.2, 0) is 4.79 Å². The van der Waals surface area contributed by atoms with Crippen LogP contribution in [0.2, 0.25) is 0 Å². The lowest BCUT2D eigenvalue weighted by molar-refractivity contribution is -0.141. The van der Waals surface area contributed by atoms with Gasteiger partial charge < -0.3 is 10.4 Å². The van der Waals surface area contributed by atoms with Gasteiger partial charge in [0.15, 0.2) is 5.82 Å². The third kappa shape index (κ3) is 3.72. The summed E-state index contributed by atoms with van der Waals surface area (Å²) in [5, 5.41) is 28.1. The molecule has 0 spiro atoms. The number of carboxylic acids is 1. The molecule has 90 valence electrons. The first-order chi connectivity index (χ1) is 8.19. The van der Waals surface area contributed by atoms with E-state index in [2.05, 4.69) is 15.5 Å². The normalized spacial score (nSPS) is 11.5. The van der Waals surface area contributed by atoms with Crippen LogP contribution in [0.4, 0.5) is 5.82 Å². The van der Waals surface area contributed by atoms with Gasteiger partial charge in [-0.05, 0) is 12.5 Å². The summed E-state index contributed by atoms with van der Waals surface area (Å²) in [7, 11) is 0. The highest BCUT2D eigenvalue weighted by molar-refractivity contribution is 5.70. The summed E-state index contributed by atoms with van der Waals surface area (Å²) in [5.74, 6) is -0.993. The van der Waals surface area contributed by atoms with Crippen molar-refractivity contribution < 1.29 is 9.90 Å². The number of carboxylic acid groups (broad SMARTS) is 1. The molecule has 0 radical (unpaired) electrons. The number of nitriles is 1. The Bertz CT molecular complexity index is 428. The van der Waals surface area contributed by atoms with E-state index in [4.69, 9.17) is 10.4 Å². The lowest BCUT2D eigenvalue weighted by atomic mass is 10.0. The van der Waals surface area contributed by atoms with Gasteiger partial charge in [0.1, 0.15) is 6.07 Å². The number of aliphatic carboxylic acids is 1. The zero-order valence-corrected chi connectivity index (χ0v) is 9.55. The van der Waals surface area contributed by atoms with Gasteiger partial charge in [0, 0.05) is 6.54 Å². The predicted octanol–water partition coefficient (Wildman–Crippen LogP) is 1.26. The van der Waals surface area contributed by atoms with Crippen LogP contribution in [0.5, 0.6) is 0 Å². The second kappa shape index (κ2) is 6.43. The highest BCUT2D eigenvalue weighted by atomic mass is 16.4. The summed E-state index contributed by atoms with van der Waals surface area (Å²) in [6, 6.07) is 3.50. The van der Waals surface area contributed by atoms with E-state index in [0.29, 0.717) is 17.8 Å². The molecular weight excluding hydrogens is 220 g/mol. The maximum absolute atomic E-state index is 10.9. The van der Waals surface area contributed by atoms with Crippen LogP contribution in [-0.4, -0.2) is 27.8 Å². The van der Waals surface area contributed by atoms with Gasteiger partial charge in [0.2, 0.25) is 0 Å². The number of anilines is 1. The molecule has 6 heteroatoms. The van der Waals surface area contributed by atoms with Crippen molar-refractivity contribution in [3.8, 4) is 6.07 Å². The van der Waals surface area contributed by atoms with Crippen molar-refractivity contribution in [1.82, 2.24) is 10.2 Å². The monoisotopic (exact) mass is 234 g/mol. The fourth-order valence-electron chi connectivity index (χ4n) is 1.43. The van der Waals surface area contributed by atoms with E-state index in [9.17, 15) is 4.79 Å². The predicted molar refractivity (Wildman–Crippen MR) is 61.3 cm³/mol. The Morgan fingerprint density at radius 3 is 3.06 bits per heavy atom. The topological polar surface area (TPSA) is 98.9 Å². The average molecular weight is 234 g/mol. The quantitative estimate of drug-likeness (QED) is 0.768. The van der Waals surface area contributed by atoms with Crippen LogP contribution in [0.1, 0.15) is 25.3 Å². The zero-order valence-electron chi connectivity index (χ0n) is 9.55. The third-order valence-electron chi connectivity index (χ3n) is 2.34. The molecule has 0 aliphatic heterocycles. The van der Waals surface area contributed by atoms with Crippen molar-refractivity contribution >= 4 is 11.8 Å². The molecule has 0 aliphatic carbocycles. The molecule has 0 saturated carbocycles. The Labute approximate surface area is 99.3 Å². The third-order valence-corrected chi connectivity index (χ3v) is 2.34. The minimum Gasteiger partial charge on any atom is -0.481 e. The maximum atomic E-state index is 10.9. The van der Waals surface area contributed by atoms with Gasteiger partial charge in [-0.2, -0.15) is 10.4 Å².